The van der Waals surface area contributed by atoms with Gasteiger partial charge in [-0.15, -0.1) is 0 Å². The molecule has 7 heteroatoms. The molecule has 0 aliphatic carbocycles. The van der Waals surface area contributed by atoms with Crippen LogP contribution in [0.4, 0.5) is 4.79 Å². The Morgan fingerprint density at radius 2 is 1.93 bits per heavy atom. The van der Waals surface area contributed by atoms with E-state index in [1.54, 1.807) is 30.3 Å². The highest BCUT2D eigenvalue weighted by molar-refractivity contribution is 8.18. The molecule has 0 bridgehead atoms. The average Bonchev–Trinajstić information content (AvgIpc) is 2.96. The molecule has 2 aromatic rings. The standard InChI is InChI=1S/C21H20N2O4S/c1-2-27-17-10-6-9-16(14-17)19(24)22-11-12-23-20(25)18(28-21(23)26)13-15-7-4-3-5-8-15/h3-10,13-14H,2,11-12H2,1H3,(H,22,24). The minimum atomic E-state index is -0.341. The number of rotatable bonds is 7. The quantitative estimate of drug-likeness (QED) is 0.725. The molecule has 0 unspecified atom stereocenters. The van der Waals surface area contributed by atoms with Gasteiger partial charge in [0, 0.05) is 18.7 Å². The lowest BCUT2D eigenvalue weighted by atomic mass is 10.2. The zero-order valence-electron chi connectivity index (χ0n) is 15.4. The largest absolute Gasteiger partial charge is 0.494 e. The first-order chi connectivity index (χ1) is 13.6. The van der Waals surface area contributed by atoms with Gasteiger partial charge in [0.25, 0.3) is 17.1 Å². The monoisotopic (exact) mass is 396 g/mol. The predicted molar refractivity (Wildman–Crippen MR) is 109 cm³/mol. The molecule has 1 N–H and O–H groups in total. The summed E-state index contributed by atoms with van der Waals surface area (Å²) in [7, 11) is 0. The Morgan fingerprint density at radius 3 is 2.68 bits per heavy atom. The van der Waals surface area contributed by atoms with Gasteiger partial charge in [-0.2, -0.15) is 0 Å². The van der Waals surface area contributed by atoms with E-state index in [2.05, 4.69) is 5.32 Å². The van der Waals surface area contributed by atoms with Crippen molar-refractivity contribution in [2.75, 3.05) is 19.7 Å². The molecule has 1 aliphatic rings. The lowest BCUT2D eigenvalue weighted by Crippen LogP contribution is -2.37. The van der Waals surface area contributed by atoms with Gasteiger partial charge in [-0.3, -0.25) is 19.3 Å². The summed E-state index contributed by atoms with van der Waals surface area (Å²) in [6, 6.07) is 16.2. The lowest BCUT2D eigenvalue weighted by Gasteiger charge is -2.13. The van der Waals surface area contributed by atoms with Crippen molar-refractivity contribution in [1.29, 1.82) is 0 Å². The third kappa shape index (κ3) is 4.80. The Kier molecular flexibility index (Phi) is 6.49. The minimum absolute atomic E-state index is 0.119. The fraction of sp³-hybridized carbons (Fsp3) is 0.190. The molecule has 0 atom stereocenters. The van der Waals surface area contributed by atoms with Crippen molar-refractivity contribution >= 4 is 34.9 Å². The first kappa shape index (κ1) is 19.7. The number of imide groups is 1. The highest BCUT2D eigenvalue weighted by Gasteiger charge is 2.34. The molecule has 0 aromatic heterocycles. The summed E-state index contributed by atoms with van der Waals surface area (Å²) in [5.74, 6) is -0.00747. The number of nitrogens with one attached hydrogen (secondary N) is 1. The molecular weight excluding hydrogens is 376 g/mol. The molecule has 1 saturated heterocycles. The smallest absolute Gasteiger partial charge is 0.293 e. The molecule has 0 radical (unpaired) electrons. The van der Waals surface area contributed by atoms with Crippen LogP contribution < -0.4 is 10.1 Å². The van der Waals surface area contributed by atoms with Gasteiger partial charge in [0.05, 0.1) is 11.5 Å². The van der Waals surface area contributed by atoms with Crippen molar-refractivity contribution in [3.05, 3.63) is 70.6 Å². The number of hydrogen-bond donors (Lipinski definition) is 1. The molecule has 0 spiro atoms. The second-order valence-corrected chi connectivity index (χ2v) is 6.95. The zero-order valence-corrected chi connectivity index (χ0v) is 16.2. The van der Waals surface area contributed by atoms with E-state index in [0.717, 1.165) is 22.2 Å². The van der Waals surface area contributed by atoms with E-state index in [0.29, 0.717) is 22.8 Å². The fourth-order valence-corrected chi connectivity index (χ4v) is 3.54. The van der Waals surface area contributed by atoms with E-state index < -0.39 is 0 Å². The van der Waals surface area contributed by atoms with Gasteiger partial charge in [0.15, 0.2) is 0 Å². The summed E-state index contributed by atoms with van der Waals surface area (Å²) in [5, 5.41) is 2.40. The molecule has 1 heterocycles. The molecular formula is C21H20N2O4S. The molecule has 28 heavy (non-hydrogen) atoms. The van der Waals surface area contributed by atoms with Crippen LogP contribution in [0.1, 0.15) is 22.8 Å². The van der Waals surface area contributed by atoms with E-state index in [4.69, 9.17) is 4.74 Å². The van der Waals surface area contributed by atoms with E-state index >= 15 is 0 Å². The van der Waals surface area contributed by atoms with Gasteiger partial charge in [-0.05, 0) is 48.5 Å². The Bertz CT molecular complexity index is 912. The second-order valence-electron chi connectivity index (χ2n) is 5.96. The molecule has 2 aromatic carbocycles. The van der Waals surface area contributed by atoms with E-state index in [9.17, 15) is 14.4 Å². The van der Waals surface area contributed by atoms with Crippen LogP contribution in [0.3, 0.4) is 0 Å². The first-order valence-corrected chi connectivity index (χ1v) is 9.71. The van der Waals surface area contributed by atoms with Crippen LogP contribution in [0.15, 0.2) is 59.5 Å². The number of thioether (sulfide) groups is 1. The normalized spacial score (nSPS) is 15.2. The molecule has 1 fully saturated rings. The second kappa shape index (κ2) is 9.23. The van der Waals surface area contributed by atoms with Crippen molar-refractivity contribution < 1.29 is 19.1 Å². The number of amides is 3. The van der Waals surface area contributed by atoms with Gasteiger partial charge < -0.3 is 10.1 Å². The Balaban J connectivity index is 1.56. The number of ether oxygens (including phenoxy) is 1. The Morgan fingerprint density at radius 1 is 1.14 bits per heavy atom. The summed E-state index contributed by atoms with van der Waals surface area (Å²) >= 11 is 0.909. The summed E-state index contributed by atoms with van der Waals surface area (Å²) < 4.78 is 5.38. The Hall–Kier alpha value is -3.06. The minimum Gasteiger partial charge on any atom is -0.494 e. The third-order valence-electron chi connectivity index (χ3n) is 4.00. The van der Waals surface area contributed by atoms with Crippen LogP contribution in [0.5, 0.6) is 5.75 Å². The molecule has 3 amide bonds. The number of carbonyl (C=O) groups excluding carboxylic acids is 3. The highest BCUT2D eigenvalue weighted by atomic mass is 32.2. The predicted octanol–water partition coefficient (Wildman–Crippen LogP) is 3.55. The van der Waals surface area contributed by atoms with Crippen LogP contribution in [-0.4, -0.2) is 41.6 Å². The van der Waals surface area contributed by atoms with Crippen LogP contribution in [-0.2, 0) is 4.79 Å². The number of carbonyl (C=O) groups is 3. The lowest BCUT2D eigenvalue weighted by molar-refractivity contribution is -0.122. The van der Waals surface area contributed by atoms with Crippen molar-refractivity contribution in [2.24, 2.45) is 0 Å². The number of benzene rings is 2. The average molecular weight is 396 g/mol. The SMILES string of the molecule is CCOc1cccc(C(=O)NCCN2C(=O)SC(=Cc3ccccc3)C2=O)c1. The molecule has 6 nitrogen and oxygen atoms in total. The molecule has 3 rings (SSSR count). The maximum atomic E-state index is 12.5. The van der Waals surface area contributed by atoms with Gasteiger partial charge in [-0.25, -0.2) is 0 Å². The van der Waals surface area contributed by atoms with Gasteiger partial charge in [0.2, 0.25) is 0 Å². The maximum Gasteiger partial charge on any atom is 0.293 e. The van der Waals surface area contributed by atoms with E-state index in [1.165, 1.54) is 0 Å². The third-order valence-corrected chi connectivity index (χ3v) is 4.91. The van der Waals surface area contributed by atoms with Crippen LogP contribution >= 0.6 is 11.8 Å². The summed E-state index contributed by atoms with van der Waals surface area (Å²) in [6.07, 6.45) is 1.70. The van der Waals surface area contributed by atoms with Crippen molar-refractivity contribution in [3.8, 4) is 5.75 Å². The first-order valence-electron chi connectivity index (χ1n) is 8.90. The highest BCUT2D eigenvalue weighted by Crippen LogP contribution is 2.31. The number of nitrogens with zero attached hydrogens (tertiary/aromatic N) is 1. The summed E-state index contributed by atoms with van der Waals surface area (Å²) in [5.41, 5.74) is 1.32. The van der Waals surface area contributed by atoms with Gasteiger partial charge in [-0.1, -0.05) is 36.4 Å². The number of hydrogen-bond acceptors (Lipinski definition) is 5. The molecule has 0 saturated carbocycles. The van der Waals surface area contributed by atoms with Crippen LogP contribution in [0, 0.1) is 0 Å². The van der Waals surface area contributed by atoms with E-state index in [-0.39, 0.29) is 30.1 Å². The van der Waals surface area contributed by atoms with E-state index in [1.807, 2.05) is 37.3 Å². The maximum absolute atomic E-state index is 12.5. The van der Waals surface area contributed by atoms with Crippen molar-refractivity contribution in [3.63, 3.8) is 0 Å². The molecule has 144 valence electrons. The van der Waals surface area contributed by atoms with Gasteiger partial charge in [0.1, 0.15) is 5.75 Å². The van der Waals surface area contributed by atoms with Crippen molar-refractivity contribution in [1.82, 2.24) is 10.2 Å². The van der Waals surface area contributed by atoms with Crippen LogP contribution in [0.25, 0.3) is 6.08 Å². The summed E-state index contributed by atoms with van der Waals surface area (Å²) in [4.78, 5) is 38.4. The molecule has 1 aliphatic heterocycles. The zero-order chi connectivity index (χ0) is 19.9. The Labute approximate surface area is 167 Å². The van der Waals surface area contributed by atoms with Gasteiger partial charge >= 0.3 is 0 Å². The summed E-state index contributed by atoms with van der Waals surface area (Å²) in [6.45, 7) is 2.68. The topological polar surface area (TPSA) is 75.7 Å². The van der Waals surface area contributed by atoms with Crippen LogP contribution in [0.2, 0.25) is 0 Å². The van der Waals surface area contributed by atoms with Crippen molar-refractivity contribution in [2.45, 2.75) is 6.92 Å². The fourth-order valence-electron chi connectivity index (χ4n) is 2.67.